The standard InChI is InChI=1S/C13H24N2O2/c1-13(2,3)15(9-12(16)17)11-5-7-14-6-4-10(11)8-14/h10-11H,4-9H2,1-3H3,(H,16,17). The Morgan fingerprint density at radius 1 is 1.35 bits per heavy atom. The zero-order valence-corrected chi connectivity index (χ0v) is 11.1. The lowest BCUT2D eigenvalue weighted by molar-refractivity contribution is -0.141. The summed E-state index contributed by atoms with van der Waals surface area (Å²) in [5.41, 5.74) is -0.0617. The maximum Gasteiger partial charge on any atom is 0.317 e. The lowest BCUT2D eigenvalue weighted by Gasteiger charge is -2.45. The van der Waals surface area contributed by atoms with Crippen LogP contribution in [0.25, 0.3) is 0 Å². The number of carboxylic acids is 1. The Kier molecular flexibility index (Phi) is 3.46. The van der Waals surface area contributed by atoms with Gasteiger partial charge in [-0.1, -0.05) is 0 Å². The molecule has 0 amide bonds. The second kappa shape index (κ2) is 4.58. The molecule has 2 rings (SSSR count). The van der Waals surface area contributed by atoms with Crippen molar-refractivity contribution in [2.45, 2.75) is 45.2 Å². The summed E-state index contributed by atoms with van der Waals surface area (Å²) in [5, 5.41) is 9.10. The molecule has 3 unspecified atom stereocenters. The van der Waals surface area contributed by atoms with E-state index in [1.165, 1.54) is 13.0 Å². The number of hydrogen-bond acceptors (Lipinski definition) is 3. The summed E-state index contributed by atoms with van der Waals surface area (Å²) in [4.78, 5) is 15.8. The van der Waals surface area contributed by atoms with E-state index < -0.39 is 5.97 Å². The molecule has 2 aliphatic rings. The normalized spacial score (nSPS) is 33.1. The molecule has 0 aliphatic carbocycles. The fourth-order valence-electron chi connectivity index (χ4n) is 3.34. The van der Waals surface area contributed by atoms with E-state index in [2.05, 4.69) is 30.6 Å². The zero-order chi connectivity index (χ0) is 12.6. The van der Waals surface area contributed by atoms with Gasteiger partial charge in [-0.15, -0.1) is 0 Å². The van der Waals surface area contributed by atoms with Gasteiger partial charge < -0.3 is 10.0 Å². The quantitative estimate of drug-likeness (QED) is 0.806. The molecule has 4 nitrogen and oxygen atoms in total. The van der Waals surface area contributed by atoms with E-state index in [1.807, 2.05) is 0 Å². The van der Waals surface area contributed by atoms with Crippen LogP contribution in [-0.2, 0) is 4.79 Å². The average molecular weight is 240 g/mol. The van der Waals surface area contributed by atoms with Gasteiger partial charge in [-0.2, -0.15) is 0 Å². The van der Waals surface area contributed by atoms with E-state index in [1.54, 1.807) is 0 Å². The molecule has 0 spiro atoms. The first-order valence-electron chi connectivity index (χ1n) is 6.59. The van der Waals surface area contributed by atoms with Gasteiger partial charge in [0.2, 0.25) is 0 Å². The van der Waals surface area contributed by atoms with Crippen molar-refractivity contribution in [2.75, 3.05) is 26.2 Å². The smallest absolute Gasteiger partial charge is 0.317 e. The molecule has 1 N–H and O–H groups in total. The molecule has 2 saturated heterocycles. The number of piperidine rings is 1. The average Bonchev–Trinajstić information content (AvgIpc) is 2.57. The van der Waals surface area contributed by atoms with Crippen LogP contribution in [0.4, 0.5) is 0 Å². The van der Waals surface area contributed by atoms with Gasteiger partial charge in [0.25, 0.3) is 0 Å². The zero-order valence-electron chi connectivity index (χ0n) is 11.1. The summed E-state index contributed by atoms with van der Waals surface area (Å²) < 4.78 is 0. The third-order valence-electron chi connectivity index (χ3n) is 4.16. The largest absolute Gasteiger partial charge is 0.480 e. The molecule has 17 heavy (non-hydrogen) atoms. The first-order chi connectivity index (χ1) is 7.88. The molecule has 2 bridgehead atoms. The maximum atomic E-state index is 11.1. The summed E-state index contributed by atoms with van der Waals surface area (Å²) >= 11 is 0. The first-order valence-corrected chi connectivity index (χ1v) is 6.59. The number of carboxylic acid groups (broad SMARTS) is 1. The third kappa shape index (κ3) is 2.80. The van der Waals surface area contributed by atoms with E-state index in [4.69, 9.17) is 5.11 Å². The van der Waals surface area contributed by atoms with Crippen molar-refractivity contribution in [1.29, 1.82) is 0 Å². The molecule has 0 aromatic heterocycles. The van der Waals surface area contributed by atoms with Crippen LogP contribution in [0.3, 0.4) is 0 Å². The van der Waals surface area contributed by atoms with Crippen LogP contribution in [0.2, 0.25) is 0 Å². The van der Waals surface area contributed by atoms with Crippen molar-refractivity contribution in [2.24, 2.45) is 5.92 Å². The van der Waals surface area contributed by atoms with Gasteiger partial charge in [0, 0.05) is 18.1 Å². The summed E-state index contributed by atoms with van der Waals surface area (Å²) in [6.45, 7) is 10.0. The Morgan fingerprint density at radius 3 is 2.59 bits per heavy atom. The van der Waals surface area contributed by atoms with Crippen molar-refractivity contribution in [3.63, 3.8) is 0 Å². The van der Waals surface area contributed by atoms with Gasteiger partial charge in [-0.05, 0) is 52.6 Å². The van der Waals surface area contributed by atoms with Crippen LogP contribution in [0, 0.1) is 5.92 Å². The number of hydrogen-bond donors (Lipinski definition) is 1. The Balaban J connectivity index is 2.12. The lowest BCUT2D eigenvalue weighted by Crippen LogP contribution is -2.55. The topological polar surface area (TPSA) is 43.8 Å². The molecule has 2 fully saturated rings. The Morgan fingerprint density at radius 2 is 2.00 bits per heavy atom. The summed E-state index contributed by atoms with van der Waals surface area (Å²) in [6, 6.07) is 0.449. The van der Waals surface area contributed by atoms with Crippen LogP contribution in [0.15, 0.2) is 0 Å². The molecule has 2 aliphatic heterocycles. The number of rotatable bonds is 3. The van der Waals surface area contributed by atoms with Crippen molar-refractivity contribution >= 4 is 5.97 Å². The van der Waals surface area contributed by atoms with Crippen LogP contribution >= 0.6 is 0 Å². The second-order valence-electron chi connectivity index (χ2n) is 6.40. The van der Waals surface area contributed by atoms with E-state index in [0.717, 1.165) is 19.5 Å². The Labute approximate surface area is 104 Å². The minimum Gasteiger partial charge on any atom is -0.480 e. The molecule has 0 aromatic carbocycles. The van der Waals surface area contributed by atoms with E-state index >= 15 is 0 Å². The fourth-order valence-corrected chi connectivity index (χ4v) is 3.34. The van der Waals surface area contributed by atoms with Crippen molar-refractivity contribution < 1.29 is 9.90 Å². The molecule has 98 valence electrons. The number of carbonyl (C=O) groups is 1. The minimum atomic E-state index is -0.708. The van der Waals surface area contributed by atoms with Gasteiger partial charge in [0.15, 0.2) is 0 Å². The molecular formula is C13H24N2O2. The summed E-state index contributed by atoms with van der Waals surface area (Å²) in [5.74, 6) is -0.0392. The first kappa shape index (κ1) is 12.8. The molecule has 0 radical (unpaired) electrons. The molecule has 2 heterocycles. The fraction of sp³-hybridized carbons (Fsp3) is 0.923. The van der Waals surface area contributed by atoms with Gasteiger partial charge in [-0.3, -0.25) is 9.69 Å². The van der Waals surface area contributed by atoms with Gasteiger partial charge >= 0.3 is 5.97 Å². The number of fused-ring (bicyclic) bond motifs is 2. The molecule has 0 saturated carbocycles. The van der Waals surface area contributed by atoms with Gasteiger partial charge in [0.1, 0.15) is 0 Å². The van der Waals surface area contributed by atoms with E-state index in [-0.39, 0.29) is 12.1 Å². The minimum absolute atomic E-state index is 0.0617. The highest BCUT2D eigenvalue weighted by molar-refractivity contribution is 5.69. The molecule has 3 atom stereocenters. The van der Waals surface area contributed by atoms with Crippen LogP contribution in [0.5, 0.6) is 0 Å². The Hall–Kier alpha value is -0.610. The highest BCUT2D eigenvalue weighted by atomic mass is 16.4. The maximum absolute atomic E-state index is 11.1. The number of nitrogens with zero attached hydrogens (tertiary/aromatic N) is 2. The highest BCUT2D eigenvalue weighted by Crippen LogP contribution is 2.33. The van der Waals surface area contributed by atoms with Crippen molar-refractivity contribution in [3.8, 4) is 0 Å². The van der Waals surface area contributed by atoms with Gasteiger partial charge in [0.05, 0.1) is 6.54 Å². The van der Waals surface area contributed by atoms with Crippen LogP contribution < -0.4 is 0 Å². The van der Waals surface area contributed by atoms with E-state index in [9.17, 15) is 4.79 Å². The van der Waals surface area contributed by atoms with Crippen molar-refractivity contribution in [1.82, 2.24) is 9.80 Å². The van der Waals surface area contributed by atoms with Crippen LogP contribution in [-0.4, -0.2) is 58.6 Å². The molecule has 4 heteroatoms. The van der Waals surface area contributed by atoms with Crippen LogP contribution in [0.1, 0.15) is 33.6 Å². The predicted molar refractivity (Wildman–Crippen MR) is 67.0 cm³/mol. The van der Waals surface area contributed by atoms with Crippen molar-refractivity contribution in [3.05, 3.63) is 0 Å². The SMILES string of the molecule is CC(C)(C)N(CC(=O)O)C1CCN2CCC1C2. The predicted octanol–water partition coefficient (Wildman–Crippen LogP) is 1.27. The highest BCUT2D eigenvalue weighted by Gasteiger charge is 2.41. The van der Waals surface area contributed by atoms with Gasteiger partial charge in [-0.25, -0.2) is 0 Å². The lowest BCUT2D eigenvalue weighted by atomic mass is 9.89. The monoisotopic (exact) mass is 240 g/mol. The third-order valence-corrected chi connectivity index (χ3v) is 4.16. The van der Waals surface area contributed by atoms with E-state index in [0.29, 0.717) is 12.0 Å². The summed E-state index contributed by atoms with van der Waals surface area (Å²) in [7, 11) is 0. The second-order valence-corrected chi connectivity index (χ2v) is 6.40. The Bertz CT molecular complexity index is 298. The number of aliphatic carboxylic acids is 1. The molecular weight excluding hydrogens is 216 g/mol. The summed E-state index contributed by atoms with van der Waals surface area (Å²) in [6.07, 6.45) is 2.35. The molecule has 0 aromatic rings.